The number of ether oxygens (including phenoxy) is 1. The van der Waals surface area contributed by atoms with Crippen LogP contribution < -0.4 is 15.0 Å². The Hall–Kier alpha value is -3.41. The third-order valence-electron chi connectivity index (χ3n) is 5.20. The number of hydrogen-bond acceptors (Lipinski definition) is 5. The molecule has 1 aliphatic heterocycles. The van der Waals surface area contributed by atoms with Crippen LogP contribution in [0.25, 0.3) is 0 Å². The Morgan fingerprint density at radius 1 is 1.03 bits per heavy atom. The van der Waals surface area contributed by atoms with E-state index in [9.17, 15) is 4.79 Å². The van der Waals surface area contributed by atoms with Crippen molar-refractivity contribution in [3.8, 4) is 5.75 Å². The smallest absolute Gasteiger partial charge is 0.271 e. The highest BCUT2D eigenvalue weighted by molar-refractivity contribution is 5.92. The van der Waals surface area contributed by atoms with Crippen molar-refractivity contribution in [2.45, 2.75) is 19.4 Å². The van der Waals surface area contributed by atoms with Gasteiger partial charge >= 0.3 is 0 Å². The maximum absolute atomic E-state index is 12.3. The molecule has 6 heteroatoms. The minimum absolute atomic E-state index is 0.207. The van der Waals surface area contributed by atoms with Gasteiger partial charge in [-0.15, -0.1) is 10.2 Å². The Kier molecular flexibility index (Phi) is 5.70. The third kappa shape index (κ3) is 4.54. The number of anilines is 1. The molecule has 1 amide bonds. The number of benzene rings is 2. The van der Waals surface area contributed by atoms with E-state index in [1.54, 1.807) is 13.2 Å². The van der Waals surface area contributed by atoms with E-state index >= 15 is 0 Å². The van der Waals surface area contributed by atoms with E-state index in [0.29, 0.717) is 12.2 Å². The third-order valence-corrected chi connectivity index (χ3v) is 5.20. The van der Waals surface area contributed by atoms with Crippen LogP contribution in [0.3, 0.4) is 0 Å². The summed E-state index contributed by atoms with van der Waals surface area (Å²) in [6.07, 6.45) is 1.74. The molecule has 1 N–H and O–H groups in total. The van der Waals surface area contributed by atoms with Gasteiger partial charge in [0, 0.05) is 19.6 Å². The van der Waals surface area contributed by atoms with E-state index in [2.05, 4.69) is 44.7 Å². The van der Waals surface area contributed by atoms with E-state index in [-0.39, 0.29) is 5.91 Å². The van der Waals surface area contributed by atoms with Gasteiger partial charge in [0.25, 0.3) is 5.91 Å². The van der Waals surface area contributed by atoms with Gasteiger partial charge in [0.05, 0.1) is 7.11 Å². The van der Waals surface area contributed by atoms with Crippen LogP contribution in [0.1, 0.15) is 27.2 Å². The molecule has 2 aromatic carbocycles. The first-order chi connectivity index (χ1) is 14.2. The lowest BCUT2D eigenvalue weighted by Crippen LogP contribution is -2.31. The Morgan fingerprint density at radius 2 is 1.83 bits per heavy atom. The number of hydrogen-bond donors (Lipinski definition) is 1. The molecule has 2 heterocycles. The number of methoxy groups -OCH3 is 1. The molecule has 0 saturated carbocycles. The van der Waals surface area contributed by atoms with Gasteiger partial charge in [-0.3, -0.25) is 4.79 Å². The van der Waals surface area contributed by atoms with Gasteiger partial charge in [0.1, 0.15) is 5.75 Å². The second-order valence-corrected chi connectivity index (χ2v) is 7.07. The molecule has 148 valence electrons. The van der Waals surface area contributed by atoms with Crippen LogP contribution in [-0.2, 0) is 19.4 Å². The molecule has 3 aromatic rings. The fourth-order valence-corrected chi connectivity index (χ4v) is 3.51. The average Bonchev–Trinajstić information content (AvgIpc) is 2.79. The molecule has 0 unspecified atom stereocenters. The molecule has 0 spiro atoms. The minimum Gasteiger partial charge on any atom is -0.497 e. The van der Waals surface area contributed by atoms with Gasteiger partial charge < -0.3 is 15.0 Å². The van der Waals surface area contributed by atoms with Gasteiger partial charge in [-0.1, -0.05) is 36.4 Å². The molecule has 0 saturated heterocycles. The number of fused-ring (bicyclic) bond motifs is 1. The van der Waals surface area contributed by atoms with E-state index < -0.39 is 0 Å². The quantitative estimate of drug-likeness (QED) is 0.703. The molecule has 1 aliphatic rings. The van der Waals surface area contributed by atoms with E-state index in [1.165, 1.54) is 11.1 Å². The Bertz CT molecular complexity index is 971. The lowest BCUT2D eigenvalue weighted by molar-refractivity contribution is 0.0948. The standard InChI is InChI=1S/C23H24N4O2/c1-29-20-8-6-17(7-9-20)12-14-24-23(28)21-10-11-22(26-25-21)27-15-13-18-4-2-3-5-19(18)16-27/h2-11H,12-16H2,1H3,(H,24,28). The summed E-state index contributed by atoms with van der Waals surface area (Å²) in [6.45, 7) is 2.26. The van der Waals surface area contributed by atoms with Crippen LogP contribution in [0.2, 0.25) is 0 Å². The van der Waals surface area contributed by atoms with Crippen molar-refractivity contribution in [3.05, 3.63) is 83.0 Å². The zero-order chi connectivity index (χ0) is 20.1. The van der Waals surface area contributed by atoms with E-state index in [1.807, 2.05) is 30.3 Å². The lowest BCUT2D eigenvalue weighted by atomic mass is 10.00. The largest absolute Gasteiger partial charge is 0.497 e. The summed E-state index contributed by atoms with van der Waals surface area (Å²) in [7, 11) is 1.64. The van der Waals surface area contributed by atoms with Crippen molar-refractivity contribution in [1.29, 1.82) is 0 Å². The van der Waals surface area contributed by atoms with Crippen LogP contribution in [0.5, 0.6) is 5.75 Å². The summed E-state index contributed by atoms with van der Waals surface area (Å²) in [4.78, 5) is 14.5. The number of amides is 1. The molecule has 29 heavy (non-hydrogen) atoms. The van der Waals surface area contributed by atoms with E-state index in [4.69, 9.17) is 4.74 Å². The monoisotopic (exact) mass is 388 g/mol. The first-order valence-corrected chi connectivity index (χ1v) is 9.79. The Labute approximate surface area is 170 Å². The molecule has 0 radical (unpaired) electrons. The number of nitrogens with one attached hydrogen (secondary N) is 1. The first kappa shape index (κ1) is 18.9. The maximum atomic E-state index is 12.3. The number of rotatable bonds is 6. The SMILES string of the molecule is COc1ccc(CCNC(=O)c2ccc(N3CCc4ccccc4C3)nn2)cc1. The Morgan fingerprint density at radius 3 is 2.55 bits per heavy atom. The van der Waals surface area contributed by atoms with Crippen molar-refractivity contribution in [3.63, 3.8) is 0 Å². The number of carbonyl (C=O) groups excluding carboxylic acids is 1. The number of aromatic nitrogens is 2. The maximum Gasteiger partial charge on any atom is 0.271 e. The van der Waals surface area contributed by atoms with Gasteiger partial charge in [-0.25, -0.2) is 0 Å². The van der Waals surface area contributed by atoms with Crippen molar-refractivity contribution < 1.29 is 9.53 Å². The average molecular weight is 388 g/mol. The molecule has 1 aromatic heterocycles. The zero-order valence-electron chi connectivity index (χ0n) is 16.5. The number of carbonyl (C=O) groups is 1. The summed E-state index contributed by atoms with van der Waals surface area (Å²) >= 11 is 0. The van der Waals surface area contributed by atoms with Crippen LogP contribution in [0, 0.1) is 0 Å². The highest BCUT2D eigenvalue weighted by Crippen LogP contribution is 2.22. The number of nitrogens with zero attached hydrogens (tertiary/aromatic N) is 3. The van der Waals surface area contributed by atoms with E-state index in [0.717, 1.165) is 43.1 Å². The van der Waals surface area contributed by atoms with Crippen LogP contribution >= 0.6 is 0 Å². The van der Waals surface area contributed by atoms with Gasteiger partial charge in [-0.2, -0.15) is 0 Å². The van der Waals surface area contributed by atoms with Crippen LogP contribution in [0.15, 0.2) is 60.7 Å². The molecule has 0 atom stereocenters. The minimum atomic E-state index is -0.207. The predicted octanol–water partition coefficient (Wildman–Crippen LogP) is 3.02. The lowest BCUT2D eigenvalue weighted by Gasteiger charge is -2.29. The van der Waals surface area contributed by atoms with Crippen LogP contribution in [-0.4, -0.2) is 36.3 Å². The fraction of sp³-hybridized carbons (Fsp3) is 0.261. The molecule has 0 fully saturated rings. The van der Waals surface area contributed by atoms with Crippen molar-refractivity contribution in [2.24, 2.45) is 0 Å². The second-order valence-electron chi connectivity index (χ2n) is 7.07. The normalized spacial score (nSPS) is 12.9. The van der Waals surface area contributed by atoms with Gasteiger partial charge in [0.2, 0.25) is 0 Å². The Balaban J connectivity index is 1.31. The zero-order valence-corrected chi connectivity index (χ0v) is 16.5. The molecule has 6 nitrogen and oxygen atoms in total. The van der Waals surface area contributed by atoms with Crippen molar-refractivity contribution in [1.82, 2.24) is 15.5 Å². The molecular formula is C23H24N4O2. The van der Waals surface area contributed by atoms with Gasteiger partial charge in [0.15, 0.2) is 11.5 Å². The molecular weight excluding hydrogens is 364 g/mol. The van der Waals surface area contributed by atoms with Crippen molar-refractivity contribution >= 4 is 11.7 Å². The molecule has 0 bridgehead atoms. The summed E-state index contributed by atoms with van der Waals surface area (Å²) < 4.78 is 5.15. The highest BCUT2D eigenvalue weighted by atomic mass is 16.5. The first-order valence-electron chi connectivity index (χ1n) is 9.79. The fourth-order valence-electron chi connectivity index (χ4n) is 3.51. The predicted molar refractivity (Wildman–Crippen MR) is 112 cm³/mol. The van der Waals surface area contributed by atoms with Gasteiger partial charge in [-0.05, 0) is 53.8 Å². The summed E-state index contributed by atoms with van der Waals surface area (Å²) in [6, 6.07) is 19.9. The van der Waals surface area contributed by atoms with Crippen molar-refractivity contribution in [2.75, 3.05) is 25.1 Å². The summed E-state index contributed by atoms with van der Waals surface area (Å²) in [5, 5.41) is 11.3. The molecule has 0 aliphatic carbocycles. The highest BCUT2D eigenvalue weighted by Gasteiger charge is 2.18. The second kappa shape index (κ2) is 8.73. The topological polar surface area (TPSA) is 67.3 Å². The summed E-state index contributed by atoms with van der Waals surface area (Å²) in [5.41, 5.74) is 4.18. The van der Waals surface area contributed by atoms with Crippen LogP contribution in [0.4, 0.5) is 5.82 Å². The summed E-state index contributed by atoms with van der Waals surface area (Å²) in [5.74, 6) is 1.42. The molecule has 4 rings (SSSR count).